The van der Waals surface area contributed by atoms with E-state index in [1.165, 1.54) is 25.1 Å². The number of anilines is 1. The topological polar surface area (TPSA) is 98.9 Å². The maximum Gasteiger partial charge on any atom is 0.339 e. The third-order valence-electron chi connectivity index (χ3n) is 1.49. The van der Waals surface area contributed by atoms with Gasteiger partial charge in [-0.3, -0.25) is 4.79 Å². The molecule has 0 unspecified atom stereocenters. The molecule has 17 heavy (non-hydrogen) atoms. The Labute approximate surface area is 98.9 Å². The number of aromatic carboxylic acids is 1. The summed E-state index contributed by atoms with van der Waals surface area (Å²) in [5.74, 6) is -1.76. The van der Waals surface area contributed by atoms with Crippen molar-refractivity contribution in [3.05, 3.63) is 23.8 Å². The average molecular weight is 241 g/mol. The van der Waals surface area contributed by atoms with Crippen LogP contribution in [-0.2, 0) is 9.53 Å². The largest absolute Gasteiger partial charge is 0.478 e. The van der Waals surface area contributed by atoms with Crippen LogP contribution in [0.15, 0.2) is 18.2 Å². The van der Waals surface area contributed by atoms with Crippen molar-refractivity contribution in [2.45, 2.75) is 6.92 Å². The lowest BCUT2D eigenvalue weighted by molar-refractivity contribution is -0.131. The zero-order chi connectivity index (χ0) is 13.4. The first kappa shape index (κ1) is 14.9. The molecule has 6 nitrogen and oxygen atoms in total. The molecule has 1 aromatic carbocycles. The maximum atomic E-state index is 10.7. The number of ether oxygens (including phenoxy) is 2. The summed E-state index contributed by atoms with van der Waals surface area (Å²) >= 11 is 0. The van der Waals surface area contributed by atoms with E-state index in [2.05, 4.69) is 9.47 Å². The van der Waals surface area contributed by atoms with Gasteiger partial charge in [-0.2, -0.15) is 0 Å². The van der Waals surface area contributed by atoms with Crippen molar-refractivity contribution in [3.63, 3.8) is 0 Å². The van der Waals surface area contributed by atoms with E-state index >= 15 is 0 Å². The molecule has 0 saturated heterocycles. The van der Waals surface area contributed by atoms with Crippen LogP contribution in [0.2, 0.25) is 0 Å². The zero-order valence-electron chi connectivity index (χ0n) is 9.89. The Kier molecular flexibility index (Phi) is 6.35. The van der Waals surface area contributed by atoms with Crippen molar-refractivity contribution in [3.8, 4) is 5.75 Å². The lowest BCUT2D eigenvalue weighted by atomic mass is 10.2. The SMILES string of the molecule is CC(=O)Oc1ccc(N)cc1C(=O)O.COC. The zero-order valence-corrected chi connectivity index (χ0v) is 9.89. The fraction of sp³-hybridized carbons (Fsp3) is 0.273. The van der Waals surface area contributed by atoms with Gasteiger partial charge in [-0.25, -0.2) is 4.79 Å². The number of hydrogen-bond donors (Lipinski definition) is 2. The average Bonchev–Trinajstić information content (AvgIpc) is 2.21. The number of methoxy groups -OCH3 is 1. The van der Waals surface area contributed by atoms with Crippen molar-refractivity contribution >= 4 is 17.6 Å². The summed E-state index contributed by atoms with van der Waals surface area (Å²) < 4.78 is 8.94. The summed E-state index contributed by atoms with van der Waals surface area (Å²) in [6.45, 7) is 1.20. The predicted molar refractivity (Wildman–Crippen MR) is 62.1 cm³/mol. The van der Waals surface area contributed by atoms with E-state index in [9.17, 15) is 9.59 Å². The minimum atomic E-state index is -1.19. The van der Waals surface area contributed by atoms with Gasteiger partial charge in [0.2, 0.25) is 0 Å². The number of rotatable bonds is 2. The van der Waals surface area contributed by atoms with Crippen molar-refractivity contribution in [1.29, 1.82) is 0 Å². The first-order valence-corrected chi connectivity index (χ1v) is 4.63. The molecule has 0 saturated carbocycles. The molecule has 3 N–H and O–H groups in total. The summed E-state index contributed by atoms with van der Waals surface area (Å²) in [6, 6.07) is 4.05. The Hall–Kier alpha value is -2.08. The number of carbonyl (C=O) groups is 2. The van der Waals surface area contributed by atoms with Crippen LogP contribution in [0, 0.1) is 0 Å². The van der Waals surface area contributed by atoms with Crippen molar-refractivity contribution < 1.29 is 24.2 Å². The molecule has 0 bridgehead atoms. The smallest absolute Gasteiger partial charge is 0.339 e. The van der Waals surface area contributed by atoms with Crippen LogP contribution >= 0.6 is 0 Å². The summed E-state index contributed by atoms with van der Waals surface area (Å²) in [6.07, 6.45) is 0. The first-order valence-electron chi connectivity index (χ1n) is 4.63. The molecule has 0 aliphatic carbocycles. The van der Waals surface area contributed by atoms with Gasteiger partial charge < -0.3 is 20.3 Å². The monoisotopic (exact) mass is 241 g/mol. The molecule has 0 atom stereocenters. The molecule has 0 fully saturated rings. The fourth-order valence-corrected chi connectivity index (χ4v) is 0.959. The summed E-state index contributed by atoms with van der Waals surface area (Å²) in [5, 5.41) is 8.76. The van der Waals surface area contributed by atoms with Gasteiger partial charge in [0.05, 0.1) is 0 Å². The quantitative estimate of drug-likeness (QED) is 0.458. The molecule has 0 heterocycles. The van der Waals surface area contributed by atoms with Crippen LogP contribution in [0.1, 0.15) is 17.3 Å². The number of hydrogen-bond acceptors (Lipinski definition) is 5. The van der Waals surface area contributed by atoms with Crippen LogP contribution in [-0.4, -0.2) is 31.3 Å². The van der Waals surface area contributed by atoms with Crippen LogP contribution in [0.4, 0.5) is 5.69 Å². The maximum absolute atomic E-state index is 10.7. The number of benzene rings is 1. The number of carboxylic acid groups (broad SMARTS) is 1. The molecular weight excluding hydrogens is 226 g/mol. The second-order valence-electron chi connectivity index (χ2n) is 3.06. The highest BCUT2D eigenvalue weighted by Gasteiger charge is 2.12. The molecule has 0 aromatic heterocycles. The molecule has 0 radical (unpaired) electrons. The molecular formula is C11H15NO5. The number of esters is 1. The molecule has 1 aromatic rings. The molecule has 94 valence electrons. The van der Waals surface area contributed by atoms with Gasteiger partial charge in [0.15, 0.2) is 0 Å². The molecule has 0 aliphatic heterocycles. The molecule has 0 spiro atoms. The van der Waals surface area contributed by atoms with Gasteiger partial charge in [-0.05, 0) is 18.2 Å². The standard InChI is InChI=1S/C9H9NO4.C2H6O/c1-5(11)14-8-3-2-6(10)4-7(8)9(12)13;1-3-2/h2-4H,10H2,1H3,(H,12,13);1-2H3. The third-order valence-corrected chi connectivity index (χ3v) is 1.49. The summed E-state index contributed by atoms with van der Waals surface area (Å²) in [4.78, 5) is 21.3. The van der Waals surface area contributed by atoms with E-state index in [0.29, 0.717) is 5.69 Å². The number of nitrogens with two attached hydrogens (primary N) is 1. The van der Waals surface area contributed by atoms with Gasteiger partial charge in [0.25, 0.3) is 0 Å². The normalized spacial score (nSPS) is 8.88. The van der Waals surface area contributed by atoms with Gasteiger partial charge in [-0.15, -0.1) is 0 Å². The Bertz CT molecular complexity index is 403. The second kappa shape index (κ2) is 7.24. The molecule has 1 rings (SSSR count). The Morgan fingerprint density at radius 2 is 1.82 bits per heavy atom. The Balaban J connectivity index is 0.000000770. The highest BCUT2D eigenvalue weighted by Crippen LogP contribution is 2.21. The van der Waals surface area contributed by atoms with E-state index in [1.807, 2.05) is 0 Å². The number of carboxylic acids is 1. The molecule has 0 aliphatic rings. The first-order chi connectivity index (χ1) is 7.92. The molecule has 0 amide bonds. The van der Waals surface area contributed by atoms with E-state index in [4.69, 9.17) is 10.8 Å². The van der Waals surface area contributed by atoms with Crippen molar-refractivity contribution in [2.75, 3.05) is 20.0 Å². The van der Waals surface area contributed by atoms with E-state index in [0.717, 1.165) is 0 Å². The lowest BCUT2D eigenvalue weighted by Crippen LogP contribution is -2.07. The predicted octanol–water partition coefficient (Wildman–Crippen LogP) is 1.15. The van der Waals surface area contributed by atoms with Crippen LogP contribution < -0.4 is 10.5 Å². The van der Waals surface area contributed by atoms with Crippen LogP contribution in [0.25, 0.3) is 0 Å². The highest BCUT2D eigenvalue weighted by atomic mass is 16.5. The Morgan fingerprint density at radius 3 is 2.24 bits per heavy atom. The number of carbonyl (C=O) groups excluding carboxylic acids is 1. The Morgan fingerprint density at radius 1 is 1.29 bits per heavy atom. The van der Waals surface area contributed by atoms with Crippen LogP contribution in [0.5, 0.6) is 5.75 Å². The van der Waals surface area contributed by atoms with E-state index < -0.39 is 11.9 Å². The van der Waals surface area contributed by atoms with Gasteiger partial charge in [0.1, 0.15) is 11.3 Å². The van der Waals surface area contributed by atoms with Gasteiger partial charge in [-0.1, -0.05) is 0 Å². The highest BCUT2D eigenvalue weighted by molar-refractivity contribution is 5.93. The van der Waals surface area contributed by atoms with Gasteiger partial charge in [0, 0.05) is 26.8 Å². The van der Waals surface area contributed by atoms with Crippen molar-refractivity contribution in [1.82, 2.24) is 0 Å². The van der Waals surface area contributed by atoms with Crippen molar-refractivity contribution in [2.24, 2.45) is 0 Å². The minimum absolute atomic E-state index is 0.000741. The van der Waals surface area contributed by atoms with E-state index in [-0.39, 0.29) is 11.3 Å². The van der Waals surface area contributed by atoms with Crippen LogP contribution in [0.3, 0.4) is 0 Å². The lowest BCUT2D eigenvalue weighted by Gasteiger charge is -2.05. The minimum Gasteiger partial charge on any atom is -0.478 e. The third kappa shape index (κ3) is 5.53. The second-order valence-corrected chi connectivity index (χ2v) is 3.06. The fourth-order valence-electron chi connectivity index (χ4n) is 0.959. The molecule has 6 heteroatoms. The van der Waals surface area contributed by atoms with Gasteiger partial charge >= 0.3 is 11.9 Å². The summed E-state index contributed by atoms with van der Waals surface area (Å²) in [7, 11) is 3.25. The number of nitrogen functional groups attached to an aromatic ring is 1. The summed E-state index contributed by atoms with van der Waals surface area (Å²) in [5.41, 5.74) is 5.57. The van der Waals surface area contributed by atoms with E-state index in [1.54, 1.807) is 14.2 Å².